The Labute approximate surface area is 100 Å². The lowest BCUT2D eigenvalue weighted by Gasteiger charge is -2.20. The third-order valence-electron chi connectivity index (χ3n) is 2.86. The van der Waals surface area contributed by atoms with E-state index >= 15 is 0 Å². The molecule has 1 N–H and O–H groups in total. The molecule has 0 atom stereocenters. The first kappa shape index (κ1) is 11.8. The van der Waals surface area contributed by atoms with Crippen molar-refractivity contribution in [2.24, 2.45) is 0 Å². The van der Waals surface area contributed by atoms with Crippen LogP contribution in [-0.2, 0) is 6.54 Å². The van der Waals surface area contributed by atoms with Gasteiger partial charge in [0.1, 0.15) is 5.82 Å². The quantitative estimate of drug-likeness (QED) is 0.856. The van der Waals surface area contributed by atoms with Crippen molar-refractivity contribution in [1.82, 2.24) is 10.2 Å². The molecule has 0 radical (unpaired) electrons. The van der Waals surface area contributed by atoms with Crippen molar-refractivity contribution in [2.45, 2.75) is 13.0 Å². The van der Waals surface area contributed by atoms with E-state index in [9.17, 15) is 4.39 Å². The third-order valence-corrected chi connectivity index (χ3v) is 3.28. The first-order valence-corrected chi connectivity index (χ1v) is 6.01. The maximum atomic E-state index is 13.3. The van der Waals surface area contributed by atoms with Gasteiger partial charge in [-0.05, 0) is 31.1 Å². The molecule has 1 heterocycles. The van der Waals surface area contributed by atoms with Gasteiger partial charge in [0.25, 0.3) is 0 Å². The lowest BCUT2D eigenvalue weighted by atomic mass is 10.2. The minimum Gasteiger partial charge on any atom is -0.315 e. The van der Waals surface area contributed by atoms with E-state index in [0.717, 1.165) is 44.7 Å². The topological polar surface area (TPSA) is 15.3 Å². The molecule has 1 fully saturated rings. The number of benzene rings is 1. The molecule has 0 amide bonds. The van der Waals surface area contributed by atoms with Crippen molar-refractivity contribution in [3.63, 3.8) is 0 Å². The van der Waals surface area contributed by atoms with Crippen LogP contribution in [0.1, 0.15) is 12.0 Å². The van der Waals surface area contributed by atoms with E-state index in [-0.39, 0.29) is 10.8 Å². The molecule has 88 valence electrons. The largest absolute Gasteiger partial charge is 0.315 e. The Kier molecular flexibility index (Phi) is 4.16. The van der Waals surface area contributed by atoms with E-state index in [0.29, 0.717) is 0 Å². The molecule has 0 unspecified atom stereocenters. The average Bonchev–Trinajstić information content (AvgIpc) is 2.53. The molecule has 1 saturated heterocycles. The van der Waals surface area contributed by atoms with E-state index in [1.165, 1.54) is 6.07 Å². The summed E-state index contributed by atoms with van der Waals surface area (Å²) in [5, 5.41) is 3.60. The Balaban J connectivity index is 2.04. The fourth-order valence-corrected chi connectivity index (χ4v) is 2.16. The van der Waals surface area contributed by atoms with Gasteiger partial charge >= 0.3 is 0 Å². The van der Waals surface area contributed by atoms with Crippen LogP contribution in [-0.4, -0.2) is 31.1 Å². The molecule has 1 aliphatic rings. The molecule has 16 heavy (non-hydrogen) atoms. The van der Waals surface area contributed by atoms with Crippen molar-refractivity contribution in [1.29, 1.82) is 0 Å². The van der Waals surface area contributed by atoms with Crippen LogP contribution < -0.4 is 5.32 Å². The highest BCUT2D eigenvalue weighted by atomic mass is 35.5. The van der Waals surface area contributed by atoms with Gasteiger partial charge in [0.2, 0.25) is 0 Å². The van der Waals surface area contributed by atoms with Crippen LogP contribution in [0.15, 0.2) is 18.2 Å². The van der Waals surface area contributed by atoms with Gasteiger partial charge in [0.15, 0.2) is 0 Å². The molecule has 1 aliphatic heterocycles. The summed E-state index contributed by atoms with van der Waals surface area (Å²) < 4.78 is 13.3. The van der Waals surface area contributed by atoms with Gasteiger partial charge in [-0.3, -0.25) is 4.90 Å². The highest BCUT2D eigenvalue weighted by molar-refractivity contribution is 6.31. The maximum absolute atomic E-state index is 13.3. The minimum absolute atomic E-state index is 0.264. The van der Waals surface area contributed by atoms with Crippen molar-refractivity contribution in [3.05, 3.63) is 34.6 Å². The van der Waals surface area contributed by atoms with Gasteiger partial charge in [-0.2, -0.15) is 0 Å². The van der Waals surface area contributed by atoms with Gasteiger partial charge in [0.05, 0.1) is 5.02 Å². The van der Waals surface area contributed by atoms with Gasteiger partial charge < -0.3 is 5.32 Å². The smallest absolute Gasteiger partial charge is 0.142 e. The van der Waals surface area contributed by atoms with E-state index in [1.807, 2.05) is 6.07 Å². The Morgan fingerprint density at radius 2 is 2.19 bits per heavy atom. The summed E-state index contributed by atoms with van der Waals surface area (Å²) in [6, 6.07) is 5.01. The molecular weight excluding hydrogens is 227 g/mol. The van der Waals surface area contributed by atoms with Crippen LogP contribution in [0.3, 0.4) is 0 Å². The number of hydrogen-bond donors (Lipinski definition) is 1. The van der Waals surface area contributed by atoms with Gasteiger partial charge in [-0.15, -0.1) is 0 Å². The monoisotopic (exact) mass is 242 g/mol. The number of rotatable bonds is 2. The molecule has 0 saturated carbocycles. The van der Waals surface area contributed by atoms with Crippen LogP contribution >= 0.6 is 11.6 Å². The van der Waals surface area contributed by atoms with Crippen molar-refractivity contribution in [3.8, 4) is 0 Å². The Morgan fingerprint density at radius 1 is 1.31 bits per heavy atom. The molecule has 2 rings (SSSR count). The van der Waals surface area contributed by atoms with E-state index in [1.54, 1.807) is 6.07 Å². The standard InChI is InChI=1S/C12H16ClFN2/c13-12-10(3-1-4-11(12)14)9-16-7-2-5-15-6-8-16/h1,3-4,15H,2,5-9H2. The number of halogens is 2. The zero-order chi connectivity index (χ0) is 11.4. The number of hydrogen-bond acceptors (Lipinski definition) is 2. The number of nitrogens with one attached hydrogen (secondary N) is 1. The molecule has 0 bridgehead atoms. The Hall–Kier alpha value is -0.640. The Morgan fingerprint density at radius 3 is 3.06 bits per heavy atom. The molecule has 1 aromatic rings. The highest BCUT2D eigenvalue weighted by Crippen LogP contribution is 2.21. The minimum atomic E-state index is -0.327. The van der Waals surface area contributed by atoms with E-state index in [4.69, 9.17) is 11.6 Å². The SMILES string of the molecule is Fc1cccc(CN2CCCNCC2)c1Cl. The Bertz CT molecular complexity index is 349. The summed E-state index contributed by atoms with van der Waals surface area (Å²) in [7, 11) is 0. The highest BCUT2D eigenvalue weighted by Gasteiger charge is 2.12. The summed E-state index contributed by atoms with van der Waals surface area (Å²) in [5.41, 5.74) is 0.878. The second-order valence-corrected chi connectivity index (χ2v) is 4.47. The summed E-state index contributed by atoms with van der Waals surface area (Å²) >= 11 is 5.94. The maximum Gasteiger partial charge on any atom is 0.142 e. The molecular formula is C12H16ClFN2. The fraction of sp³-hybridized carbons (Fsp3) is 0.500. The van der Waals surface area contributed by atoms with Crippen LogP contribution in [0.5, 0.6) is 0 Å². The second-order valence-electron chi connectivity index (χ2n) is 4.09. The summed E-state index contributed by atoms with van der Waals surface area (Å²) in [6.07, 6.45) is 1.13. The molecule has 2 nitrogen and oxygen atoms in total. The second kappa shape index (κ2) is 5.62. The molecule has 4 heteroatoms. The van der Waals surface area contributed by atoms with Gasteiger partial charge in [0, 0.05) is 19.6 Å². The average molecular weight is 243 g/mol. The van der Waals surface area contributed by atoms with Crippen molar-refractivity contribution < 1.29 is 4.39 Å². The first-order valence-electron chi connectivity index (χ1n) is 5.63. The fourth-order valence-electron chi connectivity index (χ4n) is 1.97. The lowest BCUT2D eigenvalue weighted by molar-refractivity contribution is 0.284. The summed E-state index contributed by atoms with van der Waals surface area (Å²) in [4.78, 5) is 2.31. The zero-order valence-corrected chi connectivity index (χ0v) is 9.93. The van der Waals surface area contributed by atoms with Gasteiger partial charge in [-0.1, -0.05) is 23.7 Å². The number of nitrogens with zero attached hydrogens (tertiary/aromatic N) is 1. The third kappa shape index (κ3) is 2.94. The van der Waals surface area contributed by atoms with E-state index < -0.39 is 0 Å². The van der Waals surface area contributed by atoms with Crippen LogP contribution in [0.4, 0.5) is 4.39 Å². The molecule has 0 aliphatic carbocycles. The van der Waals surface area contributed by atoms with Crippen LogP contribution in [0.25, 0.3) is 0 Å². The molecule has 0 aromatic heterocycles. The lowest BCUT2D eigenvalue weighted by Crippen LogP contribution is -2.27. The summed E-state index contributed by atoms with van der Waals surface area (Å²) in [5.74, 6) is -0.327. The van der Waals surface area contributed by atoms with Crippen LogP contribution in [0.2, 0.25) is 5.02 Å². The van der Waals surface area contributed by atoms with E-state index in [2.05, 4.69) is 10.2 Å². The van der Waals surface area contributed by atoms with Crippen LogP contribution in [0, 0.1) is 5.82 Å². The first-order chi connectivity index (χ1) is 7.77. The van der Waals surface area contributed by atoms with Crippen molar-refractivity contribution in [2.75, 3.05) is 26.2 Å². The van der Waals surface area contributed by atoms with Gasteiger partial charge in [-0.25, -0.2) is 4.39 Å². The molecule has 1 aromatic carbocycles. The summed E-state index contributed by atoms with van der Waals surface area (Å²) in [6.45, 7) is 4.82. The predicted molar refractivity (Wildman–Crippen MR) is 64.2 cm³/mol. The predicted octanol–water partition coefficient (Wildman–Crippen LogP) is 2.27. The zero-order valence-electron chi connectivity index (χ0n) is 9.18. The normalized spacial score (nSPS) is 18.4. The van der Waals surface area contributed by atoms with Crippen molar-refractivity contribution >= 4 is 11.6 Å². The molecule has 0 spiro atoms.